The minimum atomic E-state index is -0.251. The molecule has 0 saturated carbocycles. The molecule has 0 aliphatic heterocycles. The van der Waals surface area contributed by atoms with Crippen LogP contribution in [0.5, 0.6) is 0 Å². The number of halogens is 1. The molecule has 0 radical (unpaired) electrons. The first kappa shape index (κ1) is 12.1. The summed E-state index contributed by atoms with van der Waals surface area (Å²) >= 11 is 5.54. The molecule has 1 aromatic heterocycles. The molecule has 1 heterocycles. The number of rotatable bonds is 6. The number of amides is 1. The third kappa shape index (κ3) is 4.36. The fraction of sp³-hybridized carbons (Fsp3) is 0.500. The Labute approximate surface area is 93.5 Å². The van der Waals surface area contributed by atoms with Gasteiger partial charge in [-0.05, 0) is 37.1 Å². The van der Waals surface area contributed by atoms with E-state index >= 15 is 0 Å². The number of hydrogen-bond donors (Lipinski definition) is 1. The summed E-state index contributed by atoms with van der Waals surface area (Å²) in [5.74, 6) is -0.0187. The molecule has 1 rings (SSSR count). The molecule has 1 amide bonds. The Hall–Kier alpha value is -1.00. The summed E-state index contributed by atoms with van der Waals surface area (Å²) in [6, 6.07) is 3.08. The Morgan fingerprint density at radius 2 is 2.40 bits per heavy atom. The van der Waals surface area contributed by atoms with Crippen molar-refractivity contribution in [3.05, 3.63) is 23.1 Å². The van der Waals surface area contributed by atoms with Gasteiger partial charge in [-0.3, -0.25) is 4.79 Å². The highest BCUT2D eigenvalue weighted by Gasteiger charge is 2.08. The number of carbonyl (C=O) groups is 1. The largest absolute Gasteiger partial charge is 0.440 e. The molecule has 0 bridgehead atoms. The van der Waals surface area contributed by atoms with E-state index in [0.29, 0.717) is 19.8 Å². The fourth-order valence-corrected chi connectivity index (χ4v) is 1.19. The Morgan fingerprint density at radius 3 is 3.00 bits per heavy atom. The summed E-state index contributed by atoms with van der Waals surface area (Å²) < 4.78 is 10.1. The summed E-state index contributed by atoms with van der Waals surface area (Å²) in [6.45, 7) is 3.85. The van der Waals surface area contributed by atoms with E-state index in [-0.39, 0.29) is 16.9 Å². The highest BCUT2D eigenvalue weighted by atomic mass is 35.5. The Balaban J connectivity index is 2.19. The van der Waals surface area contributed by atoms with Crippen molar-refractivity contribution in [3.8, 4) is 0 Å². The van der Waals surface area contributed by atoms with Crippen molar-refractivity contribution in [1.82, 2.24) is 5.32 Å². The van der Waals surface area contributed by atoms with Crippen molar-refractivity contribution in [2.45, 2.75) is 13.3 Å². The molecule has 0 unspecified atom stereocenters. The van der Waals surface area contributed by atoms with Crippen molar-refractivity contribution in [2.24, 2.45) is 0 Å². The molecule has 0 saturated heterocycles. The van der Waals surface area contributed by atoms with Gasteiger partial charge in [0.25, 0.3) is 5.91 Å². The quantitative estimate of drug-likeness (QED) is 0.763. The lowest BCUT2D eigenvalue weighted by Crippen LogP contribution is -2.24. The van der Waals surface area contributed by atoms with Crippen LogP contribution in [0.15, 0.2) is 16.5 Å². The zero-order valence-electron chi connectivity index (χ0n) is 8.59. The summed E-state index contributed by atoms with van der Waals surface area (Å²) in [6.07, 6.45) is 0.786. The summed E-state index contributed by atoms with van der Waals surface area (Å²) in [4.78, 5) is 11.4. The highest BCUT2D eigenvalue weighted by molar-refractivity contribution is 6.29. The molecular weight excluding hydrogens is 218 g/mol. The van der Waals surface area contributed by atoms with Gasteiger partial charge in [-0.1, -0.05) is 0 Å². The van der Waals surface area contributed by atoms with Crippen LogP contribution in [0, 0.1) is 0 Å². The average molecular weight is 232 g/mol. The van der Waals surface area contributed by atoms with E-state index in [0.717, 1.165) is 6.42 Å². The van der Waals surface area contributed by atoms with Crippen molar-refractivity contribution in [2.75, 3.05) is 19.8 Å². The van der Waals surface area contributed by atoms with Crippen LogP contribution in [0.25, 0.3) is 0 Å². The number of furan rings is 1. The molecule has 0 aliphatic carbocycles. The van der Waals surface area contributed by atoms with Gasteiger partial charge in [0, 0.05) is 19.8 Å². The normalized spacial score (nSPS) is 10.3. The van der Waals surface area contributed by atoms with Gasteiger partial charge in [-0.25, -0.2) is 0 Å². The average Bonchev–Trinajstić information content (AvgIpc) is 2.64. The molecule has 15 heavy (non-hydrogen) atoms. The molecule has 1 N–H and O–H groups in total. The van der Waals surface area contributed by atoms with Crippen LogP contribution >= 0.6 is 11.6 Å². The predicted molar refractivity (Wildman–Crippen MR) is 57.2 cm³/mol. The first-order valence-corrected chi connectivity index (χ1v) is 5.23. The van der Waals surface area contributed by atoms with E-state index in [1.807, 2.05) is 6.92 Å². The summed E-state index contributed by atoms with van der Waals surface area (Å²) in [5, 5.41) is 2.92. The molecular formula is C10H14ClNO3. The van der Waals surface area contributed by atoms with Gasteiger partial charge in [0.15, 0.2) is 11.0 Å². The fourth-order valence-electron chi connectivity index (χ4n) is 1.04. The van der Waals surface area contributed by atoms with Crippen LogP contribution in [0.1, 0.15) is 23.9 Å². The Morgan fingerprint density at radius 1 is 1.60 bits per heavy atom. The minimum Gasteiger partial charge on any atom is -0.440 e. The molecule has 0 atom stereocenters. The van der Waals surface area contributed by atoms with Crippen molar-refractivity contribution >= 4 is 17.5 Å². The molecule has 0 aliphatic rings. The Kier molecular flexibility index (Phi) is 5.21. The lowest BCUT2D eigenvalue weighted by atomic mass is 10.4. The van der Waals surface area contributed by atoms with E-state index in [2.05, 4.69) is 5.32 Å². The molecule has 0 spiro atoms. The van der Waals surface area contributed by atoms with E-state index in [1.165, 1.54) is 6.07 Å². The smallest absolute Gasteiger partial charge is 0.287 e. The second kappa shape index (κ2) is 6.48. The van der Waals surface area contributed by atoms with Crippen LogP contribution in [0.4, 0.5) is 0 Å². The van der Waals surface area contributed by atoms with Gasteiger partial charge in [-0.2, -0.15) is 0 Å². The number of nitrogens with one attached hydrogen (secondary N) is 1. The summed E-state index contributed by atoms with van der Waals surface area (Å²) in [7, 11) is 0. The van der Waals surface area contributed by atoms with Gasteiger partial charge < -0.3 is 14.5 Å². The first-order valence-electron chi connectivity index (χ1n) is 4.85. The lowest BCUT2D eigenvalue weighted by molar-refractivity contribution is 0.0917. The van der Waals surface area contributed by atoms with Gasteiger partial charge in [0.2, 0.25) is 0 Å². The van der Waals surface area contributed by atoms with Gasteiger partial charge >= 0.3 is 0 Å². The zero-order chi connectivity index (χ0) is 11.1. The third-order valence-electron chi connectivity index (χ3n) is 1.75. The molecule has 1 aromatic rings. The van der Waals surface area contributed by atoms with Crippen molar-refractivity contribution in [1.29, 1.82) is 0 Å². The van der Waals surface area contributed by atoms with E-state index in [9.17, 15) is 4.79 Å². The van der Waals surface area contributed by atoms with E-state index in [4.69, 9.17) is 20.8 Å². The van der Waals surface area contributed by atoms with Crippen LogP contribution in [-0.4, -0.2) is 25.7 Å². The maximum atomic E-state index is 11.4. The van der Waals surface area contributed by atoms with E-state index < -0.39 is 0 Å². The van der Waals surface area contributed by atoms with Crippen molar-refractivity contribution < 1.29 is 13.9 Å². The molecule has 4 nitrogen and oxygen atoms in total. The molecule has 0 aromatic carbocycles. The third-order valence-corrected chi connectivity index (χ3v) is 1.96. The van der Waals surface area contributed by atoms with Crippen LogP contribution < -0.4 is 5.32 Å². The maximum Gasteiger partial charge on any atom is 0.287 e. The highest BCUT2D eigenvalue weighted by Crippen LogP contribution is 2.12. The second-order valence-corrected chi connectivity index (χ2v) is 3.28. The van der Waals surface area contributed by atoms with Gasteiger partial charge in [-0.15, -0.1) is 0 Å². The number of hydrogen-bond acceptors (Lipinski definition) is 3. The maximum absolute atomic E-state index is 11.4. The van der Waals surface area contributed by atoms with Crippen LogP contribution in [0.3, 0.4) is 0 Å². The molecule has 0 fully saturated rings. The van der Waals surface area contributed by atoms with Crippen LogP contribution in [0.2, 0.25) is 5.22 Å². The minimum absolute atomic E-state index is 0.217. The number of carbonyl (C=O) groups excluding carboxylic acids is 1. The monoisotopic (exact) mass is 231 g/mol. The number of ether oxygens (including phenoxy) is 1. The first-order chi connectivity index (χ1) is 7.24. The standard InChI is InChI=1S/C10H14ClNO3/c1-2-14-7-3-6-12-10(13)8-4-5-9(11)15-8/h4-5H,2-3,6-7H2,1H3,(H,12,13). The molecule has 5 heteroatoms. The Bertz CT molecular complexity index is 311. The second-order valence-electron chi connectivity index (χ2n) is 2.91. The van der Waals surface area contributed by atoms with Gasteiger partial charge in [0.05, 0.1) is 0 Å². The molecule has 84 valence electrons. The SMILES string of the molecule is CCOCCCNC(=O)c1ccc(Cl)o1. The zero-order valence-corrected chi connectivity index (χ0v) is 9.34. The predicted octanol–water partition coefficient (Wildman–Crippen LogP) is 2.09. The lowest BCUT2D eigenvalue weighted by Gasteiger charge is -2.02. The van der Waals surface area contributed by atoms with E-state index in [1.54, 1.807) is 6.07 Å². The topological polar surface area (TPSA) is 51.5 Å². The summed E-state index contributed by atoms with van der Waals surface area (Å²) in [5.41, 5.74) is 0. The van der Waals surface area contributed by atoms with Gasteiger partial charge in [0.1, 0.15) is 0 Å². The van der Waals surface area contributed by atoms with Crippen LogP contribution in [-0.2, 0) is 4.74 Å². The van der Waals surface area contributed by atoms with Crippen molar-refractivity contribution in [3.63, 3.8) is 0 Å².